The van der Waals surface area contributed by atoms with E-state index >= 15 is 0 Å². The van der Waals surface area contributed by atoms with Crippen molar-refractivity contribution in [2.24, 2.45) is 0 Å². The summed E-state index contributed by atoms with van der Waals surface area (Å²) in [7, 11) is 1.93. The average molecular weight is 251 g/mol. The fraction of sp³-hybridized carbons (Fsp3) is 0.545. The molecule has 1 N–H and O–H groups in total. The maximum Gasteiger partial charge on any atom is 0.0916 e. The zero-order valence-corrected chi connectivity index (χ0v) is 11.1. The maximum absolute atomic E-state index is 4.54. The number of rotatable bonds is 5. The standard InChI is InChI=1S/C11H17N5S/c1-8(2)16-5-4-9(14-16)6-10(12-3)11-7-13-17-15-11/h4-5,7-8,10,12H,6H2,1-3H3. The Balaban J connectivity index is 2.08. The van der Waals surface area contributed by atoms with E-state index in [1.54, 1.807) is 0 Å². The van der Waals surface area contributed by atoms with E-state index in [-0.39, 0.29) is 6.04 Å². The highest BCUT2D eigenvalue weighted by Crippen LogP contribution is 2.16. The maximum atomic E-state index is 4.54. The molecule has 2 aromatic rings. The monoisotopic (exact) mass is 251 g/mol. The largest absolute Gasteiger partial charge is 0.311 e. The molecule has 0 aromatic carbocycles. The molecule has 1 atom stereocenters. The Morgan fingerprint density at radius 3 is 2.82 bits per heavy atom. The summed E-state index contributed by atoms with van der Waals surface area (Å²) in [6.07, 6.45) is 4.67. The number of hydrogen-bond donors (Lipinski definition) is 1. The number of likely N-dealkylation sites (N-methyl/N-ethyl adjacent to an activating group) is 1. The Kier molecular flexibility index (Phi) is 3.86. The Morgan fingerprint density at radius 1 is 1.47 bits per heavy atom. The molecule has 2 rings (SSSR count). The van der Waals surface area contributed by atoms with Crippen LogP contribution < -0.4 is 5.32 Å². The van der Waals surface area contributed by atoms with Crippen LogP contribution in [0.25, 0.3) is 0 Å². The summed E-state index contributed by atoms with van der Waals surface area (Å²) in [5, 5.41) is 7.79. The van der Waals surface area contributed by atoms with Gasteiger partial charge in [-0.1, -0.05) is 0 Å². The molecular formula is C11H17N5S. The van der Waals surface area contributed by atoms with Crippen molar-refractivity contribution in [2.45, 2.75) is 32.4 Å². The van der Waals surface area contributed by atoms with Crippen LogP contribution in [0.15, 0.2) is 18.5 Å². The van der Waals surface area contributed by atoms with Crippen LogP contribution in [0.1, 0.15) is 37.3 Å². The first-order valence-electron chi connectivity index (χ1n) is 5.69. The van der Waals surface area contributed by atoms with Crippen LogP contribution in [0.4, 0.5) is 0 Å². The molecule has 0 spiro atoms. The van der Waals surface area contributed by atoms with Crippen LogP contribution in [-0.4, -0.2) is 25.6 Å². The number of nitrogens with zero attached hydrogens (tertiary/aromatic N) is 4. The first kappa shape index (κ1) is 12.2. The van der Waals surface area contributed by atoms with Crippen LogP contribution in [0.3, 0.4) is 0 Å². The van der Waals surface area contributed by atoms with Crippen LogP contribution in [0, 0.1) is 0 Å². The highest BCUT2D eigenvalue weighted by molar-refractivity contribution is 6.99. The number of aromatic nitrogens is 4. The van der Waals surface area contributed by atoms with Crippen molar-refractivity contribution < 1.29 is 0 Å². The minimum atomic E-state index is 0.185. The van der Waals surface area contributed by atoms with Gasteiger partial charge in [-0.2, -0.15) is 13.8 Å². The van der Waals surface area contributed by atoms with Crippen molar-refractivity contribution in [3.05, 3.63) is 29.8 Å². The third-order valence-corrected chi connectivity index (χ3v) is 3.18. The second-order valence-corrected chi connectivity index (χ2v) is 4.82. The van der Waals surface area contributed by atoms with Crippen LogP contribution in [-0.2, 0) is 6.42 Å². The molecule has 0 aliphatic heterocycles. The topological polar surface area (TPSA) is 55.6 Å². The number of hydrogen-bond acceptors (Lipinski definition) is 5. The normalized spacial score (nSPS) is 13.2. The van der Waals surface area contributed by atoms with Crippen LogP contribution >= 0.6 is 11.7 Å². The molecule has 2 heterocycles. The smallest absolute Gasteiger partial charge is 0.0916 e. The molecule has 5 nitrogen and oxygen atoms in total. The van der Waals surface area contributed by atoms with Crippen LogP contribution in [0.2, 0.25) is 0 Å². The van der Waals surface area contributed by atoms with E-state index in [1.807, 2.05) is 24.1 Å². The molecule has 0 saturated heterocycles. The van der Waals surface area contributed by atoms with Gasteiger partial charge >= 0.3 is 0 Å². The van der Waals surface area contributed by atoms with Crippen molar-refractivity contribution in [3.8, 4) is 0 Å². The molecule has 0 bridgehead atoms. The lowest BCUT2D eigenvalue weighted by Crippen LogP contribution is -2.19. The van der Waals surface area contributed by atoms with Gasteiger partial charge in [0.05, 0.1) is 35.4 Å². The van der Waals surface area contributed by atoms with Gasteiger partial charge in [0.15, 0.2) is 0 Å². The first-order valence-corrected chi connectivity index (χ1v) is 6.42. The predicted molar refractivity (Wildman–Crippen MR) is 68.0 cm³/mol. The van der Waals surface area contributed by atoms with E-state index in [9.17, 15) is 0 Å². The van der Waals surface area contributed by atoms with E-state index in [0.29, 0.717) is 6.04 Å². The van der Waals surface area contributed by atoms with Gasteiger partial charge in [0.1, 0.15) is 0 Å². The highest BCUT2D eigenvalue weighted by atomic mass is 32.1. The molecule has 1 unspecified atom stereocenters. The van der Waals surface area contributed by atoms with Gasteiger partial charge in [-0.15, -0.1) is 0 Å². The highest BCUT2D eigenvalue weighted by Gasteiger charge is 2.14. The molecule has 0 amide bonds. The average Bonchev–Trinajstić information content (AvgIpc) is 2.96. The molecular weight excluding hydrogens is 234 g/mol. The molecule has 92 valence electrons. The molecule has 6 heteroatoms. The second-order valence-electron chi connectivity index (χ2n) is 4.26. The SMILES string of the molecule is CNC(Cc1ccn(C(C)C)n1)c1cnsn1. The lowest BCUT2D eigenvalue weighted by atomic mass is 10.1. The zero-order chi connectivity index (χ0) is 12.3. The minimum Gasteiger partial charge on any atom is -0.311 e. The quantitative estimate of drug-likeness (QED) is 0.880. The zero-order valence-electron chi connectivity index (χ0n) is 10.3. The van der Waals surface area contributed by atoms with Crippen molar-refractivity contribution in [1.82, 2.24) is 23.8 Å². The minimum absolute atomic E-state index is 0.185. The van der Waals surface area contributed by atoms with Gasteiger partial charge < -0.3 is 5.32 Å². The predicted octanol–water partition coefficient (Wildman–Crippen LogP) is 1.82. The van der Waals surface area contributed by atoms with E-state index in [0.717, 1.165) is 17.8 Å². The number of nitrogens with one attached hydrogen (secondary N) is 1. The molecule has 0 fully saturated rings. The summed E-state index contributed by atoms with van der Waals surface area (Å²) in [6, 6.07) is 2.64. The van der Waals surface area contributed by atoms with E-state index in [1.165, 1.54) is 11.7 Å². The third kappa shape index (κ3) is 2.89. The lowest BCUT2D eigenvalue weighted by Gasteiger charge is -2.11. The molecule has 2 aromatic heterocycles. The fourth-order valence-corrected chi connectivity index (χ4v) is 2.13. The van der Waals surface area contributed by atoms with Gasteiger partial charge in [0.2, 0.25) is 0 Å². The van der Waals surface area contributed by atoms with Gasteiger partial charge in [0, 0.05) is 18.7 Å². The Bertz CT molecular complexity index is 448. The van der Waals surface area contributed by atoms with Gasteiger partial charge in [-0.25, -0.2) is 0 Å². The third-order valence-electron chi connectivity index (χ3n) is 2.69. The molecule has 0 radical (unpaired) electrons. The fourth-order valence-electron chi connectivity index (χ4n) is 1.66. The van der Waals surface area contributed by atoms with Crippen molar-refractivity contribution in [2.75, 3.05) is 7.05 Å². The van der Waals surface area contributed by atoms with Gasteiger partial charge in [-0.3, -0.25) is 4.68 Å². The second kappa shape index (κ2) is 5.37. The van der Waals surface area contributed by atoms with Gasteiger partial charge in [-0.05, 0) is 27.0 Å². The van der Waals surface area contributed by atoms with Crippen molar-refractivity contribution >= 4 is 11.7 Å². The summed E-state index contributed by atoms with van der Waals surface area (Å²) in [6.45, 7) is 4.24. The van der Waals surface area contributed by atoms with Crippen molar-refractivity contribution in [3.63, 3.8) is 0 Å². The molecule has 0 saturated carbocycles. The summed E-state index contributed by atoms with van der Waals surface area (Å²) < 4.78 is 10.3. The van der Waals surface area contributed by atoms with Crippen molar-refractivity contribution in [1.29, 1.82) is 0 Å². The Labute approximate surface area is 105 Å². The Hall–Kier alpha value is -1.27. The van der Waals surface area contributed by atoms with Crippen LogP contribution in [0.5, 0.6) is 0 Å². The van der Waals surface area contributed by atoms with E-state index < -0.39 is 0 Å². The Morgan fingerprint density at radius 2 is 2.29 bits per heavy atom. The summed E-state index contributed by atoms with van der Waals surface area (Å²) in [4.78, 5) is 0. The molecule has 17 heavy (non-hydrogen) atoms. The summed E-state index contributed by atoms with van der Waals surface area (Å²) >= 11 is 1.24. The molecule has 0 aliphatic carbocycles. The van der Waals surface area contributed by atoms with E-state index in [4.69, 9.17) is 0 Å². The summed E-state index contributed by atoms with van der Waals surface area (Å²) in [5.74, 6) is 0. The van der Waals surface area contributed by atoms with Gasteiger partial charge in [0.25, 0.3) is 0 Å². The lowest BCUT2D eigenvalue weighted by molar-refractivity contribution is 0.513. The molecule has 0 aliphatic rings. The summed E-state index contributed by atoms with van der Waals surface area (Å²) in [5.41, 5.74) is 2.06. The van der Waals surface area contributed by atoms with E-state index in [2.05, 4.69) is 39.1 Å². The first-order chi connectivity index (χ1) is 8.20.